The third-order valence-electron chi connectivity index (χ3n) is 7.46. The van der Waals surface area contributed by atoms with Crippen molar-refractivity contribution in [1.29, 1.82) is 0 Å². The number of aryl methyl sites for hydroxylation is 2. The van der Waals surface area contributed by atoms with Gasteiger partial charge in [-0.25, -0.2) is 14.6 Å². The molecule has 1 aromatic carbocycles. The predicted molar refractivity (Wildman–Crippen MR) is 153 cm³/mol. The monoisotopic (exact) mass is 536 g/mol. The number of nitrogens with zero attached hydrogens (tertiary/aromatic N) is 5. The first-order valence-corrected chi connectivity index (χ1v) is 14.8. The van der Waals surface area contributed by atoms with Gasteiger partial charge in [-0.3, -0.25) is 9.69 Å². The van der Waals surface area contributed by atoms with E-state index in [9.17, 15) is 4.79 Å². The quantitative estimate of drug-likeness (QED) is 0.165. The number of methoxy groups -OCH3 is 1. The molecule has 4 heterocycles. The van der Waals surface area contributed by atoms with Gasteiger partial charge < -0.3 is 15.5 Å². The summed E-state index contributed by atoms with van der Waals surface area (Å²) in [5.41, 5.74) is 1.10. The van der Waals surface area contributed by atoms with Crippen molar-refractivity contribution in [3.63, 3.8) is 0 Å². The van der Waals surface area contributed by atoms with Crippen molar-refractivity contribution < 1.29 is 4.74 Å². The molecule has 3 aromatic heterocycles. The number of hydrogen-bond donors (Lipinski definition) is 1. The third kappa shape index (κ3) is 4.78. The second-order valence-corrected chi connectivity index (χ2v) is 11.9. The molecule has 0 unspecified atom stereocenters. The van der Waals surface area contributed by atoms with Gasteiger partial charge in [0.2, 0.25) is 0 Å². The Morgan fingerprint density at radius 3 is 2.81 bits per heavy atom. The van der Waals surface area contributed by atoms with Crippen LogP contribution in [-0.2, 0) is 12.8 Å². The van der Waals surface area contributed by atoms with Crippen LogP contribution < -0.4 is 21.0 Å². The average Bonchev–Trinajstić information content (AvgIpc) is 3.32. The molecule has 0 saturated carbocycles. The van der Waals surface area contributed by atoms with Gasteiger partial charge in [0, 0.05) is 48.4 Å². The SMILES string of the molecule is COc1ccc2ccnc(N3CCN(CCCSc4nc5sc6c(c5c(=O)n4N)CCCC6)CC3)c2c1. The number of fused-ring (bicyclic) bond motifs is 4. The van der Waals surface area contributed by atoms with Crippen molar-refractivity contribution in [2.45, 2.75) is 37.3 Å². The standard InChI is InChI=1S/C27H32N6O2S2/c1-35-19-8-7-18-9-10-29-24(21(18)17-19)32-14-12-31(13-15-32)11-4-16-36-27-30-25-23(26(34)33(27)28)20-5-2-3-6-22(20)37-25/h7-10,17H,2-6,11-16,28H2,1H3. The van der Waals surface area contributed by atoms with Crippen molar-refractivity contribution in [3.8, 4) is 5.75 Å². The molecular weight excluding hydrogens is 504 g/mol. The van der Waals surface area contributed by atoms with Gasteiger partial charge in [0.1, 0.15) is 16.4 Å². The largest absolute Gasteiger partial charge is 0.497 e. The first-order chi connectivity index (χ1) is 18.1. The Balaban J connectivity index is 1.04. The molecule has 0 spiro atoms. The van der Waals surface area contributed by atoms with Gasteiger partial charge in [0.25, 0.3) is 5.56 Å². The van der Waals surface area contributed by atoms with E-state index in [0.29, 0.717) is 5.16 Å². The highest BCUT2D eigenvalue weighted by Gasteiger charge is 2.22. The highest BCUT2D eigenvalue weighted by atomic mass is 32.2. The lowest BCUT2D eigenvalue weighted by atomic mass is 9.97. The normalized spacial score (nSPS) is 16.4. The summed E-state index contributed by atoms with van der Waals surface area (Å²) in [5, 5.41) is 3.69. The number of nitrogens with two attached hydrogens (primary N) is 1. The molecule has 0 bridgehead atoms. The lowest BCUT2D eigenvalue weighted by molar-refractivity contribution is 0.259. The maximum atomic E-state index is 13.0. The second-order valence-electron chi connectivity index (χ2n) is 9.71. The van der Waals surface area contributed by atoms with Crippen LogP contribution in [0.4, 0.5) is 5.82 Å². The van der Waals surface area contributed by atoms with Crippen LogP contribution in [0, 0.1) is 0 Å². The molecule has 1 aliphatic heterocycles. The van der Waals surface area contributed by atoms with E-state index < -0.39 is 0 Å². The topological polar surface area (TPSA) is 89.5 Å². The van der Waals surface area contributed by atoms with E-state index in [4.69, 9.17) is 20.5 Å². The minimum Gasteiger partial charge on any atom is -0.497 e. The molecule has 37 heavy (non-hydrogen) atoms. The number of nitrogen functional groups attached to an aromatic ring is 1. The number of aromatic nitrogens is 3. The summed E-state index contributed by atoms with van der Waals surface area (Å²) >= 11 is 3.27. The molecule has 1 aliphatic carbocycles. The molecular formula is C27H32N6O2S2. The van der Waals surface area contributed by atoms with Gasteiger partial charge in [-0.05, 0) is 67.8 Å². The summed E-state index contributed by atoms with van der Waals surface area (Å²) in [4.78, 5) is 29.5. The minimum atomic E-state index is -0.0947. The smallest absolute Gasteiger partial charge is 0.281 e. The Morgan fingerprint density at radius 2 is 1.97 bits per heavy atom. The van der Waals surface area contributed by atoms with E-state index in [1.54, 1.807) is 30.2 Å². The van der Waals surface area contributed by atoms with Gasteiger partial charge in [-0.1, -0.05) is 17.8 Å². The van der Waals surface area contributed by atoms with E-state index in [0.717, 1.165) is 91.3 Å². The van der Waals surface area contributed by atoms with Crippen molar-refractivity contribution in [1.82, 2.24) is 19.5 Å². The predicted octanol–water partition coefficient (Wildman–Crippen LogP) is 3.91. The molecule has 4 aromatic rings. The van der Waals surface area contributed by atoms with E-state index in [1.165, 1.54) is 26.9 Å². The summed E-state index contributed by atoms with van der Waals surface area (Å²) in [5.74, 6) is 8.96. The van der Waals surface area contributed by atoms with Crippen molar-refractivity contribution in [2.75, 3.05) is 56.3 Å². The first kappa shape index (κ1) is 24.5. The molecule has 1 saturated heterocycles. The number of ether oxygens (including phenoxy) is 1. The number of benzene rings is 1. The molecule has 6 rings (SSSR count). The zero-order chi connectivity index (χ0) is 25.4. The van der Waals surface area contributed by atoms with E-state index in [-0.39, 0.29) is 5.56 Å². The van der Waals surface area contributed by atoms with Gasteiger partial charge in [0.05, 0.1) is 12.5 Å². The number of anilines is 1. The zero-order valence-electron chi connectivity index (χ0n) is 21.1. The summed E-state index contributed by atoms with van der Waals surface area (Å²) in [7, 11) is 1.70. The van der Waals surface area contributed by atoms with Crippen LogP contribution in [-0.4, -0.2) is 65.1 Å². The number of thioether (sulfide) groups is 1. The number of rotatable bonds is 7. The maximum Gasteiger partial charge on any atom is 0.281 e. The Labute approximate surface area is 224 Å². The summed E-state index contributed by atoms with van der Waals surface area (Å²) in [6.45, 7) is 4.90. The first-order valence-electron chi connectivity index (χ1n) is 13.0. The fourth-order valence-corrected chi connectivity index (χ4v) is 7.59. The fourth-order valence-electron chi connectivity index (χ4n) is 5.45. The summed E-state index contributed by atoms with van der Waals surface area (Å²) in [6, 6.07) is 8.21. The number of hydrogen-bond acceptors (Lipinski definition) is 9. The second kappa shape index (κ2) is 10.5. The number of thiophene rings is 1. The summed E-state index contributed by atoms with van der Waals surface area (Å²) < 4.78 is 6.70. The van der Waals surface area contributed by atoms with E-state index >= 15 is 0 Å². The minimum absolute atomic E-state index is 0.0947. The van der Waals surface area contributed by atoms with Crippen molar-refractivity contribution in [3.05, 3.63) is 51.3 Å². The lowest BCUT2D eigenvalue weighted by Gasteiger charge is -2.35. The van der Waals surface area contributed by atoms with E-state index in [1.807, 2.05) is 18.3 Å². The molecule has 0 amide bonds. The van der Waals surface area contributed by atoms with Crippen molar-refractivity contribution in [2.24, 2.45) is 0 Å². The van der Waals surface area contributed by atoms with Crippen LogP contribution >= 0.6 is 23.1 Å². The Hall–Kier alpha value is -2.82. The van der Waals surface area contributed by atoms with Gasteiger partial charge in [-0.15, -0.1) is 11.3 Å². The highest BCUT2D eigenvalue weighted by molar-refractivity contribution is 7.99. The highest BCUT2D eigenvalue weighted by Crippen LogP contribution is 2.34. The maximum absolute atomic E-state index is 13.0. The number of pyridine rings is 1. The molecule has 10 heteroatoms. The Kier molecular flexibility index (Phi) is 6.96. The van der Waals surface area contributed by atoms with Crippen LogP contribution in [0.3, 0.4) is 0 Å². The number of piperazine rings is 1. The Bertz CT molecular complexity index is 1490. The molecule has 194 valence electrons. The van der Waals surface area contributed by atoms with E-state index in [2.05, 4.69) is 21.9 Å². The molecule has 2 N–H and O–H groups in total. The molecule has 1 fully saturated rings. The lowest BCUT2D eigenvalue weighted by Crippen LogP contribution is -2.47. The van der Waals surface area contributed by atoms with Crippen molar-refractivity contribution >= 4 is 49.9 Å². The van der Waals surface area contributed by atoms with Crippen LogP contribution in [0.5, 0.6) is 5.75 Å². The van der Waals surface area contributed by atoms with Gasteiger partial charge in [-0.2, -0.15) is 0 Å². The molecule has 0 radical (unpaired) electrons. The molecule has 2 aliphatic rings. The van der Waals surface area contributed by atoms with Crippen LogP contribution in [0.2, 0.25) is 0 Å². The molecule has 0 atom stereocenters. The van der Waals surface area contributed by atoms with Crippen LogP contribution in [0.25, 0.3) is 21.0 Å². The van der Waals surface area contributed by atoms with Crippen LogP contribution in [0.15, 0.2) is 40.4 Å². The fraction of sp³-hybridized carbons (Fsp3) is 0.444. The zero-order valence-corrected chi connectivity index (χ0v) is 22.7. The molecule has 8 nitrogen and oxygen atoms in total. The average molecular weight is 537 g/mol. The van der Waals surface area contributed by atoms with Crippen LogP contribution in [0.1, 0.15) is 29.7 Å². The Morgan fingerprint density at radius 1 is 1.14 bits per heavy atom. The van der Waals surface area contributed by atoms with Gasteiger partial charge in [0.15, 0.2) is 5.16 Å². The summed E-state index contributed by atoms with van der Waals surface area (Å²) in [6.07, 6.45) is 7.27. The van der Waals surface area contributed by atoms with Gasteiger partial charge >= 0.3 is 0 Å². The third-order valence-corrected chi connectivity index (χ3v) is 9.69.